The van der Waals surface area contributed by atoms with Crippen LogP contribution in [0.2, 0.25) is 0 Å². The van der Waals surface area contributed by atoms with Gasteiger partial charge in [0.1, 0.15) is 17.2 Å². The number of ether oxygens (including phenoxy) is 3. The Kier molecular flexibility index (Phi) is 2.63. The van der Waals surface area contributed by atoms with Crippen molar-refractivity contribution < 1.29 is 18.6 Å². The largest absolute Gasteiger partial charge is 0.496 e. The van der Waals surface area contributed by atoms with Gasteiger partial charge in [-0.3, -0.25) is 0 Å². The molecule has 0 radical (unpaired) electrons. The van der Waals surface area contributed by atoms with E-state index >= 15 is 0 Å². The Morgan fingerprint density at radius 3 is 2.53 bits per heavy atom. The predicted molar refractivity (Wildman–Crippen MR) is 52.5 cm³/mol. The SMILES string of the molecule is COc1ccc(F)cc1C1(OC)COC1. The highest BCUT2D eigenvalue weighted by atomic mass is 19.1. The van der Waals surface area contributed by atoms with E-state index in [-0.39, 0.29) is 5.82 Å². The van der Waals surface area contributed by atoms with Crippen molar-refractivity contribution in [2.24, 2.45) is 0 Å². The van der Waals surface area contributed by atoms with Crippen molar-refractivity contribution in [1.29, 1.82) is 0 Å². The standard InChI is InChI=1S/C11H13FO3/c1-13-10-4-3-8(12)5-9(10)11(14-2)6-15-7-11/h3-5H,6-7H2,1-2H3. The summed E-state index contributed by atoms with van der Waals surface area (Å²) in [6, 6.07) is 4.40. The first-order chi connectivity index (χ1) is 7.22. The molecule has 0 N–H and O–H groups in total. The van der Waals surface area contributed by atoms with Crippen LogP contribution in [0.25, 0.3) is 0 Å². The summed E-state index contributed by atoms with van der Waals surface area (Å²) < 4.78 is 28.8. The van der Waals surface area contributed by atoms with Gasteiger partial charge in [-0.15, -0.1) is 0 Å². The summed E-state index contributed by atoms with van der Waals surface area (Å²) in [5, 5.41) is 0. The molecule has 2 rings (SSSR count). The van der Waals surface area contributed by atoms with Crippen molar-refractivity contribution in [3.63, 3.8) is 0 Å². The van der Waals surface area contributed by atoms with Crippen molar-refractivity contribution in [1.82, 2.24) is 0 Å². The third-order valence-corrected chi connectivity index (χ3v) is 2.71. The third-order valence-electron chi connectivity index (χ3n) is 2.71. The molecular formula is C11H13FO3. The smallest absolute Gasteiger partial charge is 0.143 e. The minimum Gasteiger partial charge on any atom is -0.496 e. The van der Waals surface area contributed by atoms with Crippen molar-refractivity contribution in [2.45, 2.75) is 5.60 Å². The number of benzene rings is 1. The van der Waals surface area contributed by atoms with Crippen LogP contribution >= 0.6 is 0 Å². The molecule has 1 aromatic rings. The second kappa shape index (κ2) is 3.79. The summed E-state index contributed by atoms with van der Waals surface area (Å²) in [5.74, 6) is 0.329. The maximum atomic E-state index is 13.2. The first kappa shape index (κ1) is 10.4. The highest BCUT2D eigenvalue weighted by molar-refractivity contribution is 5.40. The Labute approximate surface area is 87.8 Å². The lowest BCUT2D eigenvalue weighted by molar-refractivity contribution is -0.203. The monoisotopic (exact) mass is 212 g/mol. The van der Waals surface area contributed by atoms with Gasteiger partial charge in [-0.25, -0.2) is 4.39 Å². The number of rotatable bonds is 3. The summed E-state index contributed by atoms with van der Waals surface area (Å²) in [6.45, 7) is 0.868. The van der Waals surface area contributed by atoms with Crippen LogP contribution in [-0.4, -0.2) is 27.4 Å². The summed E-state index contributed by atoms with van der Waals surface area (Å²) in [6.07, 6.45) is 0. The Balaban J connectivity index is 2.44. The van der Waals surface area contributed by atoms with Crippen LogP contribution in [0.4, 0.5) is 4.39 Å². The van der Waals surface area contributed by atoms with Crippen LogP contribution in [0.5, 0.6) is 5.75 Å². The van der Waals surface area contributed by atoms with Gasteiger partial charge < -0.3 is 14.2 Å². The molecule has 1 aromatic carbocycles. The summed E-state index contributed by atoms with van der Waals surface area (Å²) in [5.41, 5.74) is 0.159. The number of methoxy groups -OCH3 is 2. The lowest BCUT2D eigenvalue weighted by Gasteiger charge is -2.40. The fraction of sp³-hybridized carbons (Fsp3) is 0.455. The molecule has 82 valence electrons. The molecule has 0 aliphatic carbocycles. The van der Waals surface area contributed by atoms with Crippen molar-refractivity contribution in [3.05, 3.63) is 29.6 Å². The second-order valence-electron chi connectivity index (χ2n) is 3.54. The maximum Gasteiger partial charge on any atom is 0.143 e. The van der Waals surface area contributed by atoms with Gasteiger partial charge in [0.05, 0.1) is 20.3 Å². The molecule has 0 bridgehead atoms. The van der Waals surface area contributed by atoms with Crippen LogP contribution in [-0.2, 0) is 15.1 Å². The average molecular weight is 212 g/mol. The minimum absolute atomic E-state index is 0.297. The van der Waals surface area contributed by atoms with Gasteiger partial charge in [0, 0.05) is 12.7 Å². The molecule has 3 nitrogen and oxygen atoms in total. The maximum absolute atomic E-state index is 13.2. The second-order valence-corrected chi connectivity index (χ2v) is 3.54. The summed E-state index contributed by atoms with van der Waals surface area (Å²) in [4.78, 5) is 0. The zero-order valence-electron chi connectivity index (χ0n) is 8.75. The quantitative estimate of drug-likeness (QED) is 0.763. The molecule has 0 spiro atoms. The van der Waals surface area contributed by atoms with E-state index in [0.717, 1.165) is 0 Å². The van der Waals surface area contributed by atoms with Gasteiger partial charge >= 0.3 is 0 Å². The van der Waals surface area contributed by atoms with Crippen LogP contribution in [0, 0.1) is 5.82 Å². The first-order valence-corrected chi connectivity index (χ1v) is 4.69. The van der Waals surface area contributed by atoms with Crippen LogP contribution in [0.1, 0.15) is 5.56 Å². The van der Waals surface area contributed by atoms with E-state index in [4.69, 9.17) is 14.2 Å². The Morgan fingerprint density at radius 2 is 2.07 bits per heavy atom. The Bertz CT molecular complexity index is 355. The molecule has 1 heterocycles. The molecule has 0 aromatic heterocycles. The molecule has 1 saturated heterocycles. The number of hydrogen-bond donors (Lipinski definition) is 0. The Hall–Kier alpha value is -1.13. The van der Waals surface area contributed by atoms with Crippen molar-refractivity contribution in [3.8, 4) is 5.75 Å². The van der Waals surface area contributed by atoms with Crippen LogP contribution in [0.15, 0.2) is 18.2 Å². The van der Waals surface area contributed by atoms with Gasteiger partial charge in [0.2, 0.25) is 0 Å². The van der Waals surface area contributed by atoms with E-state index in [1.165, 1.54) is 12.1 Å². The first-order valence-electron chi connectivity index (χ1n) is 4.69. The fourth-order valence-corrected chi connectivity index (χ4v) is 1.71. The lowest BCUT2D eigenvalue weighted by atomic mass is 9.91. The highest BCUT2D eigenvalue weighted by Gasteiger charge is 2.43. The number of hydrogen-bond acceptors (Lipinski definition) is 3. The number of halogens is 1. The van der Waals surface area contributed by atoms with Crippen molar-refractivity contribution in [2.75, 3.05) is 27.4 Å². The molecule has 0 unspecified atom stereocenters. The van der Waals surface area contributed by atoms with Crippen LogP contribution in [0.3, 0.4) is 0 Å². The average Bonchev–Trinajstić information content (AvgIpc) is 2.17. The minimum atomic E-state index is -0.548. The molecule has 1 aliphatic heterocycles. The zero-order chi connectivity index (χ0) is 10.9. The molecule has 15 heavy (non-hydrogen) atoms. The van der Waals surface area contributed by atoms with E-state index < -0.39 is 5.60 Å². The van der Waals surface area contributed by atoms with E-state index in [2.05, 4.69) is 0 Å². The molecule has 1 aliphatic rings. The fourth-order valence-electron chi connectivity index (χ4n) is 1.71. The van der Waals surface area contributed by atoms with Crippen LogP contribution < -0.4 is 4.74 Å². The van der Waals surface area contributed by atoms with Gasteiger partial charge in [-0.2, -0.15) is 0 Å². The topological polar surface area (TPSA) is 27.7 Å². The Morgan fingerprint density at radius 1 is 1.33 bits per heavy atom. The van der Waals surface area contributed by atoms with E-state index in [1.54, 1.807) is 20.3 Å². The molecule has 0 atom stereocenters. The zero-order valence-corrected chi connectivity index (χ0v) is 8.75. The highest BCUT2D eigenvalue weighted by Crippen LogP contribution is 2.38. The van der Waals surface area contributed by atoms with Gasteiger partial charge in [-0.05, 0) is 18.2 Å². The van der Waals surface area contributed by atoms with Gasteiger partial charge in [0.25, 0.3) is 0 Å². The van der Waals surface area contributed by atoms with Gasteiger partial charge in [0.15, 0.2) is 0 Å². The van der Waals surface area contributed by atoms with E-state index in [1.807, 2.05) is 0 Å². The summed E-state index contributed by atoms with van der Waals surface area (Å²) in [7, 11) is 3.15. The van der Waals surface area contributed by atoms with E-state index in [9.17, 15) is 4.39 Å². The summed E-state index contributed by atoms with van der Waals surface area (Å²) >= 11 is 0. The predicted octanol–water partition coefficient (Wildman–Crippen LogP) is 1.71. The third kappa shape index (κ3) is 1.60. The molecule has 1 fully saturated rings. The molecule has 4 heteroatoms. The molecular weight excluding hydrogens is 199 g/mol. The van der Waals surface area contributed by atoms with Gasteiger partial charge in [-0.1, -0.05) is 0 Å². The normalized spacial score (nSPS) is 18.3. The van der Waals surface area contributed by atoms with E-state index in [0.29, 0.717) is 24.5 Å². The molecule has 0 saturated carbocycles. The van der Waals surface area contributed by atoms with Crippen molar-refractivity contribution >= 4 is 0 Å². The lowest BCUT2D eigenvalue weighted by Crippen LogP contribution is -2.48. The molecule has 0 amide bonds.